The van der Waals surface area contributed by atoms with Crippen LogP contribution in [0.3, 0.4) is 0 Å². The third-order valence-electron chi connectivity index (χ3n) is 2.34. The Morgan fingerprint density at radius 3 is 2.47 bits per heavy atom. The Labute approximate surface area is 88.8 Å². The topological polar surface area (TPSA) is 38.5 Å². The lowest BCUT2D eigenvalue weighted by Crippen LogP contribution is -2.31. The predicted molar refractivity (Wildman–Crippen MR) is 49.5 cm³/mol. The van der Waals surface area contributed by atoms with Crippen molar-refractivity contribution in [3.05, 3.63) is 28.8 Å². The number of anilines is 1. The summed E-state index contributed by atoms with van der Waals surface area (Å²) in [6.45, 7) is -0.402. The molecule has 0 saturated carbocycles. The molecule has 0 aliphatic carbocycles. The molecule has 0 radical (unpaired) electrons. The Bertz CT molecular complexity index is 401. The van der Waals surface area contributed by atoms with Gasteiger partial charge in [0.15, 0.2) is 0 Å². The highest BCUT2D eigenvalue weighted by Gasteiger charge is 2.67. The fourth-order valence-electron chi connectivity index (χ4n) is 1.42. The molecule has 0 bridgehead atoms. The first-order valence-corrected chi connectivity index (χ1v) is 4.51. The van der Waals surface area contributed by atoms with Crippen molar-refractivity contribution in [1.82, 2.24) is 0 Å². The van der Waals surface area contributed by atoms with Gasteiger partial charge in [0.1, 0.15) is 0 Å². The number of nitrogen functional groups attached to an aromatic ring is 1. The summed E-state index contributed by atoms with van der Waals surface area (Å²) < 4.78 is 42.5. The van der Waals surface area contributed by atoms with E-state index in [4.69, 9.17) is 17.3 Å². The molecule has 0 amide bonds. The van der Waals surface area contributed by atoms with Crippen LogP contribution in [0.5, 0.6) is 0 Å². The van der Waals surface area contributed by atoms with Crippen molar-refractivity contribution >= 4 is 17.3 Å². The van der Waals surface area contributed by atoms with Crippen molar-refractivity contribution in [2.24, 2.45) is 0 Å². The van der Waals surface area contributed by atoms with E-state index < -0.39 is 18.4 Å². The maximum absolute atomic E-state index is 12.7. The summed E-state index contributed by atoms with van der Waals surface area (Å²) in [6.07, 6.45) is -4.47. The molecule has 82 valence electrons. The molecule has 6 heteroatoms. The van der Waals surface area contributed by atoms with Crippen LogP contribution < -0.4 is 5.73 Å². The van der Waals surface area contributed by atoms with Crippen LogP contribution in [0.25, 0.3) is 0 Å². The SMILES string of the molecule is Nc1ccc(Cl)cc1C1(C(F)(F)F)CO1. The fraction of sp³-hybridized carbons (Fsp3) is 0.333. The monoisotopic (exact) mass is 237 g/mol. The molecule has 1 fully saturated rings. The molecule has 2 nitrogen and oxygen atoms in total. The van der Waals surface area contributed by atoms with Crippen LogP contribution in [0.2, 0.25) is 5.02 Å². The molecule has 1 unspecified atom stereocenters. The van der Waals surface area contributed by atoms with E-state index in [2.05, 4.69) is 4.74 Å². The zero-order chi connectivity index (χ0) is 11.3. The summed E-state index contributed by atoms with van der Waals surface area (Å²) in [6, 6.07) is 3.97. The average Bonchev–Trinajstić information content (AvgIpc) is 2.88. The molecule has 1 aromatic carbocycles. The number of rotatable bonds is 1. The summed E-state index contributed by atoms with van der Waals surface area (Å²) in [5, 5.41) is 0.207. The van der Waals surface area contributed by atoms with E-state index in [0.717, 1.165) is 0 Å². The van der Waals surface area contributed by atoms with Crippen LogP contribution in [0.4, 0.5) is 18.9 Å². The summed E-state index contributed by atoms with van der Waals surface area (Å²) in [5.74, 6) is 0. The number of nitrogens with two attached hydrogens (primary N) is 1. The van der Waals surface area contributed by atoms with Gasteiger partial charge in [-0.3, -0.25) is 0 Å². The first-order chi connectivity index (χ1) is 6.87. The van der Waals surface area contributed by atoms with Crippen molar-refractivity contribution in [2.45, 2.75) is 11.8 Å². The van der Waals surface area contributed by atoms with Gasteiger partial charge in [0.05, 0.1) is 6.61 Å². The minimum atomic E-state index is -4.47. The zero-order valence-corrected chi connectivity index (χ0v) is 8.19. The van der Waals surface area contributed by atoms with Crippen LogP contribution in [0, 0.1) is 0 Å². The van der Waals surface area contributed by atoms with E-state index >= 15 is 0 Å². The molecule has 0 spiro atoms. The first kappa shape index (κ1) is 10.6. The molecule has 1 aromatic rings. The largest absolute Gasteiger partial charge is 0.424 e. The summed E-state index contributed by atoms with van der Waals surface area (Å²) in [7, 11) is 0. The van der Waals surface area contributed by atoms with E-state index in [0.29, 0.717) is 0 Å². The number of benzene rings is 1. The summed E-state index contributed by atoms with van der Waals surface area (Å²) >= 11 is 5.62. The number of hydrogen-bond acceptors (Lipinski definition) is 2. The van der Waals surface area contributed by atoms with Gasteiger partial charge >= 0.3 is 6.18 Å². The lowest BCUT2D eigenvalue weighted by Gasteiger charge is -2.18. The summed E-state index contributed by atoms with van der Waals surface area (Å²) in [5.41, 5.74) is 3.15. The summed E-state index contributed by atoms with van der Waals surface area (Å²) in [4.78, 5) is 0. The first-order valence-electron chi connectivity index (χ1n) is 4.13. The molecule has 1 saturated heterocycles. The van der Waals surface area contributed by atoms with E-state index in [1.54, 1.807) is 0 Å². The average molecular weight is 238 g/mol. The van der Waals surface area contributed by atoms with E-state index in [1.807, 2.05) is 0 Å². The molecular formula is C9H7ClF3NO. The third kappa shape index (κ3) is 1.55. The Balaban J connectivity index is 2.50. The van der Waals surface area contributed by atoms with Crippen molar-refractivity contribution < 1.29 is 17.9 Å². The van der Waals surface area contributed by atoms with E-state index in [9.17, 15) is 13.2 Å². The number of alkyl halides is 3. The van der Waals surface area contributed by atoms with E-state index in [1.165, 1.54) is 18.2 Å². The van der Waals surface area contributed by atoms with Gasteiger partial charge in [-0.15, -0.1) is 0 Å². The minimum Gasteiger partial charge on any atom is -0.398 e. The predicted octanol–water partition coefficient (Wildman–Crippen LogP) is 2.71. The van der Waals surface area contributed by atoms with Gasteiger partial charge in [-0.1, -0.05) is 11.6 Å². The normalized spacial score (nSPS) is 25.3. The van der Waals surface area contributed by atoms with Gasteiger partial charge in [0, 0.05) is 16.3 Å². The van der Waals surface area contributed by atoms with Crippen LogP contribution in [0.1, 0.15) is 5.56 Å². The second-order valence-corrected chi connectivity index (χ2v) is 3.78. The van der Waals surface area contributed by atoms with Gasteiger partial charge in [-0.05, 0) is 18.2 Å². The van der Waals surface area contributed by atoms with Crippen molar-refractivity contribution in [2.75, 3.05) is 12.3 Å². The highest BCUT2D eigenvalue weighted by atomic mass is 35.5. The lowest BCUT2D eigenvalue weighted by molar-refractivity contribution is -0.186. The quantitative estimate of drug-likeness (QED) is 0.602. The van der Waals surface area contributed by atoms with Crippen LogP contribution in [-0.2, 0) is 10.3 Å². The van der Waals surface area contributed by atoms with Crippen molar-refractivity contribution in [3.63, 3.8) is 0 Å². The van der Waals surface area contributed by atoms with Gasteiger partial charge in [0.2, 0.25) is 5.60 Å². The fourth-order valence-corrected chi connectivity index (χ4v) is 1.59. The van der Waals surface area contributed by atoms with Gasteiger partial charge in [-0.25, -0.2) is 0 Å². The second kappa shape index (κ2) is 3.02. The molecule has 15 heavy (non-hydrogen) atoms. The Hall–Kier alpha value is -0.940. The molecule has 0 aromatic heterocycles. The number of epoxide rings is 1. The number of ether oxygens (including phenoxy) is 1. The Kier molecular flexibility index (Phi) is 2.13. The maximum Gasteiger partial charge on any atom is 0.424 e. The standard InChI is InChI=1S/C9H7ClF3NO/c10-5-1-2-7(14)6(3-5)8(4-15-8)9(11,12)13/h1-3H,4,14H2. The number of halogens is 4. The molecule has 2 N–H and O–H groups in total. The molecule has 1 aliphatic heterocycles. The highest BCUT2D eigenvalue weighted by molar-refractivity contribution is 6.30. The lowest BCUT2D eigenvalue weighted by atomic mass is 9.97. The second-order valence-electron chi connectivity index (χ2n) is 3.35. The molecule has 1 atom stereocenters. The molecular weight excluding hydrogens is 231 g/mol. The molecule has 2 rings (SSSR count). The third-order valence-corrected chi connectivity index (χ3v) is 2.58. The van der Waals surface area contributed by atoms with Crippen molar-refractivity contribution in [1.29, 1.82) is 0 Å². The van der Waals surface area contributed by atoms with Crippen LogP contribution in [-0.4, -0.2) is 12.8 Å². The maximum atomic E-state index is 12.7. The smallest absolute Gasteiger partial charge is 0.398 e. The number of hydrogen-bond donors (Lipinski definition) is 1. The van der Waals surface area contributed by atoms with Gasteiger partial charge in [-0.2, -0.15) is 13.2 Å². The zero-order valence-electron chi connectivity index (χ0n) is 7.44. The van der Waals surface area contributed by atoms with Crippen molar-refractivity contribution in [3.8, 4) is 0 Å². The van der Waals surface area contributed by atoms with E-state index in [-0.39, 0.29) is 16.3 Å². The minimum absolute atomic E-state index is 0.0363. The Morgan fingerprint density at radius 2 is 2.00 bits per heavy atom. The van der Waals surface area contributed by atoms with Crippen LogP contribution >= 0.6 is 11.6 Å². The Morgan fingerprint density at radius 1 is 1.40 bits per heavy atom. The molecule has 1 heterocycles. The highest BCUT2D eigenvalue weighted by Crippen LogP contribution is 2.53. The van der Waals surface area contributed by atoms with Gasteiger partial charge in [0.25, 0.3) is 0 Å². The molecule has 1 aliphatic rings. The van der Waals surface area contributed by atoms with Crippen LogP contribution in [0.15, 0.2) is 18.2 Å². The van der Waals surface area contributed by atoms with Gasteiger partial charge < -0.3 is 10.5 Å².